The summed E-state index contributed by atoms with van der Waals surface area (Å²) in [4.78, 5) is 19.9. The van der Waals surface area contributed by atoms with Crippen molar-refractivity contribution in [3.05, 3.63) is 12.7 Å². The Morgan fingerprint density at radius 1 is 1.73 bits per heavy atom. The van der Waals surface area contributed by atoms with Crippen molar-refractivity contribution in [2.24, 2.45) is 0 Å². The van der Waals surface area contributed by atoms with E-state index in [-0.39, 0.29) is 6.61 Å². The lowest BCUT2D eigenvalue weighted by Gasteiger charge is -2.02. The van der Waals surface area contributed by atoms with E-state index in [9.17, 15) is 9.59 Å². The van der Waals surface area contributed by atoms with Crippen molar-refractivity contribution >= 4 is 11.9 Å². The molecule has 15 heavy (non-hydrogen) atoms. The van der Waals surface area contributed by atoms with Crippen molar-refractivity contribution in [3.8, 4) is 0 Å². The van der Waals surface area contributed by atoms with Crippen LogP contribution in [0, 0.1) is 0 Å². The Morgan fingerprint density at radius 2 is 2.27 bits per heavy atom. The van der Waals surface area contributed by atoms with Gasteiger partial charge in [0, 0.05) is 6.08 Å². The standard InChI is InChI=1S/C6H10O3.C3H4O3/c1-3-6(8)9-4-5(2)7;4-3(5)2-1-6-2/h3,5,7H,1,4H2,2H3;2H,1H2,(H,4,5). The van der Waals surface area contributed by atoms with E-state index in [1.807, 2.05) is 0 Å². The quantitative estimate of drug-likeness (QED) is 0.377. The molecule has 2 unspecified atom stereocenters. The molecule has 1 heterocycles. The van der Waals surface area contributed by atoms with Gasteiger partial charge in [-0.15, -0.1) is 0 Å². The van der Waals surface area contributed by atoms with Crippen molar-refractivity contribution in [1.29, 1.82) is 0 Å². The molecule has 0 aromatic rings. The van der Waals surface area contributed by atoms with Crippen LogP contribution in [0.4, 0.5) is 0 Å². The summed E-state index contributed by atoms with van der Waals surface area (Å²) in [6.07, 6.45) is -0.0264. The molecule has 2 N–H and O–H groups in total. The number of carboxylic acids is 1. The number of hydrogen-bond donors (Lipinski definition) is 2. The topological polar surface area (TPSA) is 96.4 Å². The Hall–Kier alpha value is -1.40. The monoisotopic (exact) mass is 218 g/mol. The number of ether oxygens (including phenoxy) is 2. The molecule has 1 saturated heterocycles. The fourth-order valence-electron chi connectivity index (χ4n) is 0.452. The average Bonchev–Trinajstić information content (AvgIpc) is 2.97. The van der Waals surface area contributed by atoms with Crippen molar-refractivity contribution in [3.63, 3.8) is 0 Å². The molecular weight excluding hydrogens is 204 g/mol. The van der Waals surface area contributed by atoms with Gasteiger partial charge in [0.1, 0.15) is 6.61 Å². The third-order valence-electron chi connectivity index (χ3n) is 1.24. The normalized spacial score (nSPS) is 19.2. The van der Waals surface area contributed by atoms with Gasteiger partial charge in [0.2, 0.25) is 0 Å². The van der Waals surface area contributed by atoms with Gasteiger partial charge in [0.25, 0.3) is 0 Å². The number of epoxide rings is 1. The molecule has 0 aromatic heterocycles. The summed E-state index contributed by atoms with van der Waals surface area (Å²) in [7, 11) is 0. The van der Waals surface area contributed by atoms with Gasteiger partial charge in [-0.2, -0.15) is 0 Å². The molecule has 0 saturated carbocycles. The van der Waals surface area contributed by atoms with Crippen LogP contribution in [0.2, 0.25) is 0 Å². The molecule has 0 amide bonds. The maximum Gasteiger partial charge on any atom is 0.335 e. The van der Waals surface area contributed by atoms with E-state index >= 15 is 0 Å². The van der Waals surface area contributed by atoms with Crippen LogP contribution in [0.5, 0.6) is 0 Å². The lowest BCUT2D eigenvalue weighted by molar-refractivity contribution is -0.140. The molecule has 0 spiro atoms. The fraction of sp³-hybridized carbons (Fsp3) is 0.556. The van der Waals surface area contributed by atoms with Gasteiger partial charge in [-0.05, 0) is 6.92 Å². The van der Waals surface area contributed by atoms with Crippen molar-refractivity contribution in [1.82, 2.24) is 0 Å². The second-order valence-corrected chi connectivity index (χ2v) is 2.84. The third-order valence-corrected chi connectivity index (χ3v) is 1.24. The Bertz CT molecular complexity index is 231. The highest BCUT2D eigenvalue weighted by molar-refractivity contribution is 5.81. The number of aliphatic hydroxyl groups excluding tert-OH is 1. The van der Waals surface area contributed by atoms with Crippen LogP contribution in [-0.4, -0.2) is 47.6 Å². The molecule has 86 valence electrons. The predicted molar refractivity (Wildman–Crippen MR) is 50.2 cm³/mol. The number of esters is 1. The summed E-state index contributed by atoms with van der Waals surface area (Å²) in [5.41, 5.74) is 0. The van der Waals surface area contributed by atoms with Crippen LogP contribution in [0.1, 0.15) is 6.92 Å². The molecule has 0 aliphatic carbocycles. The van der Waals surface area contributed by atoms with Crippen molar-refractivity contribution in [2.45, 2.75) is 19.1 Å². The molecule has 0 radical (unpaired) electrons. The number of rotatable bonds is 4. The molecule has 6 nitrogen and oxygen atoms in total. The van der Waals surface area contributed by atoms with Crippen LogP contribution in [0.3, 0.4) is 0 Å². The number of carbonyl (C=O) groups is 2. The van der Waals surface area contributed by atoms with Crippen molar-refractivity contribution < 1.29 is 29.3 Å². The largest absolute Gasteiger partial charge is 0.479 e. The average molecular weight is 218 g/mol. The van der Waals surface area contributed by atoms with E-state index in [1.165, 1.54) is 6.92 Å². The van der Waals surface area contributed by atoms with Gasteiger partial charge >= 0.3 is 11.9 Å². The first-order valence-corrected chi connectivity index (χ1v) is 4.29. The maximum absolute atomic E-state index is 10.3. The number of aliphatic carboxylic acids is 1. The highest BCUT2D eigenvalue weighted by Gasteiger charge is 2.30. The minimum absolute atomic E-state index is 0.0326. The van der Waals surface area contributed by atoms with Crippen LogP contribution < -0.4 is 0 Å². The SMILES string of the molecule is C=CC(=O)OCC(C)O.O=C(O)C1CO1. The highest BCUT2D eigenvalue weighted by atomic mass is 16.6. The van der Waals surface area contributed by atoms with E-state index < -0.39 is 24.1 Å². The van der Waals surface area contributed by atoms with Gasteiger partial charge in [0.05, 0.1) is 12.7 Å². The van der Waals surface area contributed by atoms with Crippen LogP contribution >= 0.6 is 0 Å². The van der Waals surface area contributed by atoms with E-state index in [0.717, 1.165) is 6.08 Å². The number of carbonyl (C=O) groups excluding carboxylic acids is 1. The van der Waals surface area contributed by atoms with Crippen LogP contribution in [0.25, 0.3) is 0 Å². The molecule has 0 aromatic carbocycles. The molecule has 6 heteroatoms. The number of aliphatic hydroxyl groups is 1. The maximum atomic E-state index is 10.3. The lowest BCUT2D eigenvalue weighted by atomic mass is 10.4. The third kappa shape index (κ3) is 8.92. The molecular formula is C9H14O6. The second kappa shape index (κ2) is 6.97. The van der Waals surface area contributed by atoms with Gasteiger partial charge in [0.15, 0.2) is 6.10 Å². The fourth-order valence-corrected chi connectivity index (χ4v) is 0.452. The van der Waals surface area contributed by atoms with Crippen molar-refractivity contribution in [2.75, 3.05) is 13.2 Å². The Labute approximate surface area is 87.1 Å². The van der Waals surface area contributed by atoms with E-state index in [2.05, 4.69) is 16.1 Å². The zero-order chi connectivity index (χ0) is 11.8. The summed E-state index contributed by atoms with van der Waals surface area (Å²) in [5.74, 6) is -1.36. The zero-order valence-corrected chi connectivity index (χ0v) is 8.38. The Balaban J connectivity index is 0.000000280. The van der Waals surface area contributed by atoms with Gasteiger partial charge in [-0.25, -0.2) is 9.59 Å². The lowest BCUT2D eigenvalue weighted by Crippen LogP contribution is -2.13. The second-order valence-electron chi connectivity index (χ2n) is 2.84. The Kier molecular flexibility index (Phi) is 6.32. The molecule has 1 aliphatic rings. The summed E-state index contributed by atoms with van der Waals surface area (Å²) >= 11 is 0. The summed E-state index contributed by atoms with van der Waals surface area (Å²) in [6, 6.07) is 0. The summed E-state index contributed by atoms with van der Waals surface area (Å²) < 4.78 is 8.82. The highest BCUT2D eigenvalue weighted by Crippen LogP contribution is 2.06. The first-order valence-electron chi connectivity index (χ1n) is 4.29. The van der Waals surface area contributed by atoms with Crippen LogP contribution in [-0.2, 0) is 19.1 Å². The molecule has 0 bridgehead atoms. The molecule has 1 rings (SSSR count). The summed E-state index contributed by atoms with van der Waals surface area (Å²) in [5, 5.41) is 16.5. The number of carboxylic acid groups (broad SMARTS) is 1. The first kappa shape index (κ1) is 13.6. The summed E-state index contributed by atoms with van der Waals surface area (Å²) in [6.45, 7) is 5.15. The van der Waals surface area contributed by atoms with E-state index in [1.54, 1.807) is 0 Å². The van der Waals surface area contributed by atoms with E-state index in [4.69, 9.17) is 10.2 Å². The van der Waals surface area contributed by atoms with Gasteiger partial charge < -0.3 is 19.7 Å². The first-order chi connectivity index (χ1) is 6.97. The van der Waals surface area contributed by atoms with Gasteiger partial charge in [-0.3, -0.25) is 0 Å². The minimum atomic E-state index is -0.852. The van der Waals surface area contributed by atoms with E-state index in [0.29, 0.717) is 6.61 Å². The number of hydrogen-bond acceptors (Lipinski definition) is 5. The predicted octanol–water partition coefficient (Wildman–Crippen LogP) is -0.434. The molecule has 2 atom stereocenters. The Morgan fingerprint density at radius 3 is 2.47 bits per heavy atom. The molecule has 1 fully saturated rings. The molecule has 1 aliphatic heterocycles. The smallest absolute Gasteiger partial charge is 0.335 e. The zero-order valence-electron chi connectivity index (χ0n) is 8.38. The van der Waals surface area contributed by atoms with Gasteiger partial charge in [-0.1, -0.05) is 6.58 Å². The van der Waals surface area contributed by atoms with Crippen LogP contribution in [0.15, 0.2) is 12.7 Å². The minimum Gasteiger partial charge on any atom is -0.479 e.